The Kier molecular flexibility index (Phi) is 4.98. The van der Waals surface area contributed by atoms with Crippen molar-refractivity contribution < 1.29 is 0 Å². The molecule has 0 amide bonds. The summed E-state index contributed by atoms with van der Waals surface area (Å²) in [6, 6.07) is 11.4. The lowest BCUT2D eigenvalue weighted by molar-refractivity contribution is 0.306. The molecule has 1 aromatic rings. The second-order valence-electron chi connectivity index (χ2n) is 4.89. The van der Waals surface area contributed by atoms with Gasteiger partial charge in [0, 0.05) is 25.7 Å². The first kappa shape index (κ1) is 12.6. The van der Waals surface area contributed by atoms with Gasteiger partial charge in [-0.1, -0.05) is 30.3 Å². The Hall–Kier alpha value is -0.900. The van der Waals surface area contributed by atoms with Crippen LogP contribution in [0.1, 0.15) is 12.0 Å². The maximum atomic E-state index is 3.55. The summed E-state index contributed by atoms with van der Waals surface area (Å²) in [4.78, 5) is 2.38. The van der Waals surface area contributed by atoms with E-state index in [-0.39, 0.29) is 0 Å². The standard InChI is InChI=1S/C14H23N3/c1-17(12-13-6-3-2-4-7-13)9-5-8-16-14-10-15-11-14/h2-4,6-7,14-16H,5,8-12H2,1H3. The molecule has 94 valence electrons. The van der Waals surface area contributed by atoms with Crippen LogP contribution in [-0.4, -0.2) is 44.2 Å². The van der Waals surface area contributed by atoms with E-state index in [9.17, 15) is 0 Å². The molecule has 0 unspecified atom stereocenters. The second kappa shape index (κ2) is 6.74. The summed E-state index contributed by atoms with van der Waals surface area (Å²) in [6.07, 6.45) is 1.22. The molecule has 0 bridgehead atoms. The van der Waals surface area contributed by atoms with E-state index in [2.05, 4.69) is 52.9 Å². The van der Waals surface area contributed by atoms with Gasteiger partial charge in [-0.25, -0.2) is 0 Å². The van der Waals surface area contributed by atoms with Gasteiger partial charge in [0.2, 0.25) is 0 Å². The monoisotopic (exact) mass is 233 g/mol. The lowest BCUT2D eigenvalue weighted by Gasteiger charge is -2.28. The Balaban J connectivity index is 1.55. The molecule has 1 fully saturated rings. The number of nitrogens with zero attached hydrogens (tertiary/aromatic N) is 1. The Morgan fingerprint density at radius 1 is 1.29 bits per heavy atom. The van der Waals surface area contributed by atoms with Crippen LogP contribution in [0.15, 0.2) is 30.3 Å². The van der Waals surface area contributed by atoms with E-state index in [1.807, 2.05) is 0 Å². The summed E-state index contributed by atoms with van der Waals surface area (Å²) in [6.45, 7) is 5.61. The van der Waals surface area contributed by atoms with Gasteiger partial charge in [-0.2, -0.15) is 0 Å². The van der Waals surface area contributed by atoms with Crippen molar-refractivity contribution >= 4 is 0 Å². The highest BCUT2D eigenvalue weighted by atomic mass is 15.1. The Morgan fingerprint density at radius 2 is 2.06 bits per heavy atom. The number of rotatable bonds is 7. The van der Waals surface area contributed by atoms with Crippen molar-refractivity contribution in [2.45, 2.75) is 19.0 Å². The average Bonchev–Trinajstić information content (AvgIpc) is 2.27. The second-order valence-corrected chi connectivity index (χ2v) is 4.89. The SMILES string of the molecule is CN(CCCNC1CNC1)Cc1ccccc1. The van der Waals surface area contributed by atoms with Crippen LogP contribution in [0.5, 0.6) is 0 Å². The lowest BCUT2D eigenvalue weighted by atomic mass is 10.2. The quantitative estimate of drug-likeness (QED) is 0.690. The Bertz CT molecular complexity index is 309. The summed E-state index contributed by atoms with van der Waals surface area (Å²) < 4.78 is 0. The van der Waals surface area contributed by atoms with E-state index in [4.69, 9.17) is 0 Å². The van der Waals surface area contributed by atoms with Gasteiger partial charge in [0.15, 0.2) is 0 Å². The zero-order valence-corrected chi connectivity index (χ0v) is 10.7. The third-order valence-corrected chi connectivity index (χ3v) is 3.23. The minimum Gasteiger partial charge on any atom is -0.314 e. The van der Waals surface area contributed by atoms with Gasteiger partial charge in [0.25, 0.3) is 0 Å². The van der Waals surface area contributed by atoms with Gasteiger partial charge < -0.3 is 15.5 Å². The summed E-state index contributed by atoms with van der Waals surface area (Å²) >= 11 is 0. The molecule has 0 atom stereocenters. The lowest BCUT2D eigenvalue weighted by Crippen LogP contribution is -2.55. The van der Waals surface area contributed by atoms with Crippen LogP contribution in [0.25, 0.3) is 0 Å². The van der Waals surface area contributed by atoms with E-state index < -0.39 is 0 Å². The molecule has 0 spiro atoms. The summed E-state index contributed by atoms with van der Waals surface area (Å²) in [5.74, 6) is 0. The fraction of sp³-hybridized carbons (Fsp3) is 0.571. The molecule has 2 rings (SSSR count). The third kappa shape index (κ3) is 4.46. The van der Waals surface area contributed by atoms with Crippen LogP contribution < -0.4 is 10.6 Å². The molecule has 17 heavy (non-hydrogen) atoms. The largest absolute Gasteiger partial charge is 0.314 e. The van der Waals surface area contributed by atoms with Crippen molar-refractivity contribution in [3.8, 4) is 0 Å². The molecule has 1 aliphatic heterocycles. The van der Waals surface area contributed by atoms with Gasteiger partial charge in [-0.05, 0) is 32.1 Å². The number of nitrogens with one attached hydrogen (secondary N) is 2. The maximum Gasteiger partial charge on any atom is 0.0317 e. The maximum absolute atomic E-state index is 3.55. The van der Waals surface area contributed by atoms with Crippen LogP contribution in [0.3, 0.4) is 0 Å². The molecule has 3 nitrogen and oxygen atoms in total. The highest BCUT2D eigenvalue weighted by molar-refractivity contribution is 5.14. The summed E-state index contributed by atoms with van der Waals surface area (Å²) in [5, 5.41) is 6.82. The minimum atomic E-state index is 0.717. The van der Waals surface area contributed by atoms with Crippen LogP contribution in [0.2, 0.25) is 0 Å². The zero-order valence-electron chi connectivity index (χ0n) is 10.7. The fourth-order valence-electron chi connectivity index (χ4n) is 2.06. The van der Waals surface area contributed by atoms with Crippen molar-refractivity contribution in [3.05, 3.63) is 35.9 Å². The molecule has 2 N–H and O–H groups in total. The molecular weight excluding hydrogens is 210 g/mol. The van der Waals surface area contributed by atoms with Crippen molar-refractivity contribution in [2.75, 3.05) is 33.2 Å². The van der Waals surface area contributed by atoms with E-state index in [1.54, 1.807) is 0 Å². The predicted octanol–water partition coefficient (Wildman–Crippen LogP) is 1.07. The number of hydrogen-bond donors (Lipinski definition) is 2. The molecule has 1 saturated heterocycles. The van der Waals surface area contributed by atoms with Crippen LogP contribution in [-0.2, 0) is 6.54 Å². The molecule has 3 heteroatoms. The molecule has 0 aliphatic carbocycles. The minimum absolute atomic E-state index is 0.717. The fourth-order valence-corrected chi connectivity index (χ4v) is 2.06. The third-order valence-electron chi connectivity index (χ3n) is 3.23. The number of benzene rings is 1. The van der Waals surface area contributed by atoms with Crippen molar-refractivity contribution in [2.24, 2.45) is 0 Å². The van der Waals surface area contributed by atoms with E-state index in [1.165, 1.54) is 12.0 Å². The summed E-state index contributed by atoms with van der Waals surface area (Å²) in [7, 11) is 2.19. The smallest absolute Gasteiger partial charge is 0.0317 e. The predicted molar refractivity (Wildman–Crippen MR) is 72.1 cm³/mol. The van der Waals surface area contributed by atoms with Gasteiger partial charge in [0.1, 0.15) is 0 Å². The van der Waals surface area contributed by atoms with Gasteiger partial charge >= 0.3 is 0 Å². The molecule has 1 aromatic carbocycles. The Labute approximate surface area is 104 Å². The van der Waals surface area contributed by atoms with Crippen molar-refractivity contribution in [3.63, 3.8) is 0 Å². The number of hydrogen-bond acceptors (Lipinski definition) is 3. The molecular formula is C14H23N3. The van der Waals surface area contributed by atoms with Crippen molar-refractivity contribution in [1.82, 2.24) is 15.5 Å². The molecule has 1 heterocycles. The first-order valence-corrected chi connectivity index (χ1v) is 6.51. The summed E-state index contributed by atoms with van der Waals surface area (Å²) in [5.41, 5.74) is 1.39. The van der Waals surface area contributed by atoms with Crippen molar-refractivity contribution in [1.29, 1.82) is 0 Å². The molecule has 0 saturated carbocycles. The van der Waals surface area contributed by atoms with Gasteiger partial charge in [0.05, 0.1) is 0 Å². The molecule has 0 aromatic heterocycles. The topological polar surface area (TPSA) is 27.3 Å². The van der Waals surface area contributed by atoms with Crippen LogP contribution in [0.4, 0.5) is 0 Å². The average molecular weight is 233 g/mol. The molecule has 0 radical (unpaired) electrons. The zero-order chi connectivity index (χ0) is 11.9. The molecule has 1 aliphatic rings. The first-order chi connectivity index (χ1) is 8.34. The van der Waals surface area contributed by atoms with E-state index in [0.717, 1.165) is 38.8 Å². The van der Waals surface area contributed by atoms with E-state index in [0.29, 0.717) is 0 Å². The highest BCUT2D eigenvalue weighted by Crippen LogP contribution is 2.02. The van der Waals surface area contributed by atoms with Gasteiger partial charge in [-0.15, -0.1) is 0 Å². The van der Waals surface area contributed by atoms with Gasteiger partial charge in [-0.3, -0.25) is 0 Å². The Morgan fingerprint density at radius 3 is 2.71 bits per heavy atom. The first-order valence-electron chi connectivity index (χ1n) is 6.51. The highest BCUT2D eigenvalue weighted by Gasteiger charge is 2.14. The van der Waals surface area contributed by atoms with E-state index >= 15 is 0 Å². The van der Waals surface area contributed by atoms with Crippen LogP contribution in [0, 0.1) is 0 Å². The normalized spacial score (nSPS) is 16.1. The van der Waals surface area contributed by atoms with Crippen LogP contribution >= 0.6 is 0 Å².